The highest BCUT2D eigenvalue weighted by atomic mass is 16.1. The lowest BCUT2D eigenvalue weighted by Gasteiger charge is -2.10. The number of aryl methyl sites for hydroxylation is 1. The summed E-state index contributed by atoms with van der Waals surface area (Å²) < 4.78 is 0. The van der Waals surface area contributed by atoms with Crippen LogP contribution in [0.1, 0.15) is 49.9 Å². The molecule has 0 atom stereocenters. The van der Waals surface area contributed by atoms with Crippen molar-refractivity contribution in [1.82, 2.24) is 15.3 Å². The number of amides is 1. The van der Waals surface area contributed by atoms with Crippen molar-refractivity contribution in [3.05, 3.63) is 17.6 Å². The Morgan fingerprint density at radius 1 is 1.39 bits per heavy atom. The standard InChI is InChI=1S/C13H22N4O/c1-5-6-7-14-12-8-11(16-10(4)17-12)13(18)15-9(2)3/h8-9H,5-7H2,1-4H3,(H,15,18)(H,14,16,17). The van der Waals surface area contributed by atoms with Crippen molar-refractivity contribution >= 4 is 11.7 Å². The van der Waals surface area contributed by atoms with Gasteiger partial charge in [-0.05, 0) is 27.2 Å². The number of carbonyl (C=O) groups excluding carboxylic acids is 1. The second-order valence-corrected chi connectivity index (χ2v) is 4.59. The lowest BCUT2D eigenvalue weighted by molar-refractivity contribution is 0.0937. The number of unbranched alkanes of at least 4 members (excludes halogenated alkanes) is 1. The second kappa shape index (κ2) is 6.93. The molecular weight excluding hydrogens is 228 g/mol. The zero-order valence-corrected chi connectivity index (χ0v) is 11.6. The summed E-state index contributed by atoms with van der Waals surface area (Å²) in [6, 6.07) is 1.80. The fourth-order valence-electron chi connectivity index (χ4n) is 1.50. The number of hydrogen-bond donors (Lipinski definition) is 2. The van der Waals surface area contributed by atoms with Crippen LogP contribution >= 0.6 is 0 Å². The van der Waals surface area contributed by atoms with Crippen molar-refractivity contribution in [2.45, 2.75) is 46.6 Å². The van der Waals surface area contributed by atoms with Gasteiger partial charge < -0.3 is 10.6 Å². The molecule has 1 amide bonds. The molecule has 0 unspecified atom stereocenters. The van der Waals surface area contributed by atoms with Crippen LogP contribution in [0.5, 0.6) is 0 Å². The van der Waals surface area contributed by atoms with Crippen LogP contribution in [-0.4, -0.2) is 28.5 Å². The van der Waals surface area contributed by atoms with E-state index in [1.165, 1.54) is 0 Å². The third kappa shape index (κ3) is 4.69. The molecule has 0 aliphatic carbocycles. The van der Waals surface area contributed by atoms with Gasteiger partial charge in [-0.2, -0.15) is 0 Å². The van der Waals surface area contributed by atoms with Gasteiger partial charge in [-0.15, -0.1) is 0 Å². The summed E-state index contributed by atoms with van der Waals surface area (Å²) in [5.74, 6) is 1.16. The molecule has 0 fully saturated rings. The lowest BCUT2D eigenvalue weighted by Crippen LogP contribution is -2.31. The molecule has 0 radical (unpaired) electrons. The van der Waals surface area contributed by atoms with E-state index in [0.29, 0.717) is 17.3 Å². The van der Waals surface area contributed by atoms with E-state index in [2.05, 4.69) is 27.5 Å². The van der Waals surface area contributed by atoms with E-state index in [4.69, 9.17) is 0 Å². The Labute approximate surface area is 108 Å². The number of aromatic nitrogens is 2. The van der Waals surface area contributed by atoms with Crippen LogP contribution in [-0.2, 0) is 0 Å². The van der Waals surface area contributed by atoms with Crippen LogP contribution in [0, 0.1) is 6.92 Å². The molecule has 1 rings (SSSR count). The highest BCUT2D eigenvalue weighted by Gasteiger charge is 2.11. The Morgan fingerprint density at radius 2 is 2.11 bits per heavy atom. The first-order valence-electron chi connectivity index (χ1n) is 6.43. The summed E-state index contributed by atoms with van der Waals surface area (Å²) in [5.41, 5.74) is 0.412. The molecule has 5 heteroatoms. The van der Waals surface area contributed by atoms with E-state index in [0.717, 1.165) is 19.4 Å². The van der Waals surface area contributed by atoms with Gasteiger partial charge in [-0.3, -0.25) is 4.79 Å². The van der Waals surface area contributed by atoms with Crippen LogP contribution in [0.2, 0.25) is 0 Å². The molecule has 0 aliphatic heterocycles. The first-order valence-corrected chi connectivity index (χ1v) is 6.43. The van der Waals surface area contributed by atoms with Crippen molar-refractivity contribution in [3.8, 4) is 0 Å². The maximum absolute atomic E-state index is 11.9. The van der Waals surface area contributed by atoms with Gasteiger partial charge in [-0.25, -0.2) is 9.97 Å². The fraction of sp³-hybridized carbons (Fsp3) is 0.615. The first kappa shape index (κ1) is 14.4. The number of anilines is 1. The molecule has 5 nitrogen and oxygen atoms in total. The van der Waals surface area contributed by atoms with Gasteiger partial charge in [0, 0.05) is 18.7 Å². The summed E-state index contributed by atoms with van der Waals surface area (Å²) >= 11 is 0. The van der Waals surface area contributed by atoms with Crippen molar-refractivity contribution in [1.29, 1.82) is 0 Å². The number of hydrogen-bond acceptors (Lipinski definition) is 4. The topological polar surface area (TPSA) is 66.9 Å². The summed E-state index contributed by atoms with van der Waals surface area (Å²) in [6.45, 7) is 8.63. The van der Waals surface area contributed by atoms with Crippen LogP contribution in [0.3, 0.4) is 0 Å². The highest BCUT2D eigenvalue weighted by Crippen LogP contribution is 2.07. The summed E-state index contributed by atoms with van der Waals surface area (Å²) in [6.07, 6.45) is 2.20. The molecular formula is C13H22N4O. The molecule has 0 saturated heterocycles. The summed E-state index contributed by atoms with van der Waals surface area (Å²) in [5, 5.41) is 6.03. The Balaban J connectivity index is 2.76. The van der Waals surface area contributed by atoms with Gasteiger partial charge in [-0.1, -0.05) is 13.3 Å². The normalized spacial score (nSPS) is 10.5. The van der Waals surface area contributed by atoms with E-state index < -0.39 is 0 Å². The molecule has 0 saturated carbocycles. The van der Waals surface area contributed by atoms with Crippen molar-refractivity contribution in [2.75, 3.05) is 11.9 Å². The van der Waals surface area contributed by atoms with Crippen LogP contribution in [0.15, 0.2) is 6.07 Å². The number of carbonyl (C=O) groups is 1. The average Bonchev–Trinajstić information content (AvgIpc) is 2.27. The molecule has 1 heterocycles. The van der Waals surface area contributed by atoms with Crippen LogP contribution < -0.4 is 10.6 Å². The number of nitrogens with one attached hydrogen (secondary N) is 2. The zero-order chi connectivity index (χ0) is 13.5. The molecule has 0 aromatic carbocycles. The maximum atomic E-state index is 11.9. The number of nitrogens with zero attached hydrogens (tertiary/aromatic N) is 2. The molecule has 1 aromatic rings. The molecule has 100 valence electrons. The monoisotopic (exact) mass is 250 g/mol. The van der Waals surface area contributed by atoms with Crippen molar-refractivity contribution in [2.24, 2.45) is 0 Å². The number of rotatable bonds is 6. The molecule has 0 bridgehead atoms. The van der Waals surface area contributed by atoms with Gasteiger partial charge in [0.05, 0.1) is 0 Å². The quantitative estimate of drug-likeness (QED) is 0.759. The average molecular weight is 250 g/mol. The van der Waals surface area contributed by atoms with E-state index in [-0.39, 0.29) is 11.9 Å². The van der Waals surface area contributed by atoms with Crippen LogP contribution in [0.25, 0.3) is 0 Å². The predicted molar refractivity (Wildman–Crippen MR) is 72.8 cm³/mol. The Morgan fingerprint density at radius 3 is 2.72 bits per heavy atom. The van der Waals surface area contributed by atoms with Gasteiger partial charge in [0.25, 0.3) is 5.91 Å². The van der Waals surface area contributed by atoms with E-state index >= 15 is 0 Å². The van der Waals surface area contributed by atoms with Gasteiger partial charge in [0.1, 0.15) is 17.3 Å². The molecule has 18 heavy (non-hydrogen) atoms. The van der Waals surface area contributed by atoms with Gasteiger partial charge >= 0.3 is 0 Å². The lowest BCUT2D eigenvalue weighted by atomic mass is 10.3. The minimum Gasteiger partial charge on any atom is -0.370 e. The van der Waals surface area contributed by atoms with Gasteiger partial charge in [0.15, 0.2) is 0 Å². The SMILES string of the molecule is CCCCNc1cc(C(=O)NC(C)C)nc(C)n1. The zero-order valence-electron chi connectivity index (χ0n) is 11.6. The molecule has 0 aliphatic rings. The molecule has 0 spiro atoms. The third-order valence-corrected chi connectivity index (χ3v) is 2.33. The maximum Gasteiger partial charge on any atom is 0.270 e. The predicted octanol–water partition coefficient (Wildman–Crippen LogP) is 2.14. The largest absolute Gasteiger partial charge is 0.370 e. The highest BCUT2D eigenvalue weighted by molar-refractivity contribution is 5.93. The van der Waals surface area contributed by atoms with Crippen LogP contribution in [0.4, 0.5) is 5.82 Å². The smallest absolute Gasteiger partial charge is 0.270 e. The Bertz CT molecular complexity index is 404. The fourth-order valence-corrected chi connectivity index (χ4v) is 1.50. The summed E-state index contributed by atoms with van der Waals surface area (Å²) in [4.78, 5) is 20.3. The van der Waals surface area contributed by atoms with E-state index in [9.17, 15) is 4.79 Å². The minimum absolute atomic E-state index is 0.101. The van der Waals surface area contributed by atoms with E-state index in [1.807, 2.05) is 13.8 Å². The van der Waals surface area contributed by atoms with Crippen molar-refractivity contribution in [3.63, 3.8) is 0 Å². The van der Waals surface area contributed by atoms with E-state index in [1.54, 1.807) is 13.0 Å². The van der Waals surface area contributed by atoms with Crippen molar-refractivity contribution < 1.29 is 4.79 Å². The first-order chi connectivity index (χ1) is 8.52. The van der Waals surface area contributed by atoms with Gasteiger partial charge in [0.2, 0.25) is 0 Å². The second-order valence-electron chi connectivity index (χ2n) is 4.59. The molecule has 1 aromatic heterocycles. The minimum atomic E-state index is -0.158. The Kier molecular flexibility index (Phi) is 5.55. The summed E-state index contributed by atoms with van der Waals surface area (Å²) in [7, 11) is 0. The molecule has 2 N–H and O–H groups in total. The Hall–Kier alpha value is -1.65. The third-order valence-electron chi connectivity index (χ3n) is 2.33.